The van der Waals surface area contributed by atoms with Gasteiger partial charge in [-0.15, -0.1) is 0 Å². The molecule has 6 heteroatoms. The number of benzene rings is 2. The zero-order chi connectivity index (χ0) is 20.5. The molecule has 0 heterocycles. The van der Waals surface area contributed by atoms with Crippen molar-refractivity contribution in [2.45, 2.75) is 26.7 Å². The first-order valence-corrected chi connectivity index (χ1v) is 8.97. The zero-order valence-electron chi connectivity index (χ0n) is 16.4. The molecule has 0 aliphatic carbocycles. The summed E-state index contributed by atoms with van der Waals surface area (Å²) in [6, 6.07) is 15.0. The number of carbonyl (C=O) groups is 2. The molecule has 0 saturated heterocycles. The van der Waals surface area contributed by atoms with Crippen LogP contribution >= 0.6 is 0 Å². The lowest BCUT2D eigenvalue weighted by molar-refractivity contribution is -0.147. The molecule has 0 bridgehead atoms. The van der Waals surface area contributed by atoms with Gasteiger partial charge in [-0.1, -0.05) is 24.3 Å². The number of amides is 1. The third-order valence-corrected chi connectivity index (χ3v) is 4.15. The topological polar surface area (TPSA) is 79.6 Å². The molecule has 0 fully saturated rings. The number of carbonyl (C=O) groups excluding carboxylic acids is 2. The van der Waals surface area contributed by atoms with Crippen molar-refractivity contribution in [1.82, 2.24) is 0 Å². The maximum Gasteiger partial charge on any atom is 0.310 e. The van der Waals surface area contributed by atoms with Gasteiger partial charge in [-0.3, -0.25) is 9.59 Å². The molecule has 28 heavy (non-hydrogen) atoms. The van der Waals surface area contributed by atoms with E-state index < -0.39 is 5.97 Å². The smallest absolute Gasteiger partial charge is 0.310 e. The van der Waals surface area contributed by atoms with E-state index in [-0.39, 0.29) is 31.9 Å². The molecule has 0 N–H and O–H groups in total. The highest BCUT2D eigenvalue weighted by Crippen LogP contribution is 2.20. The number of nitrogens with zero attached hydrogens (tertiary/aromatic N) is 2. The van der Waals surface area contributed by atoms with Crippen molar-refractivity contribution in [3.63, 3.8) is 0 Å². The van der Waals surface area contributed by atoms with Crippen LogP contribution in [-0.4, -0.2) is 32.1 Å². The number of methoxy groups -OCH3 is 1. The summed E-state index contributed by atoms with van der Waals surface area (Å²) in [5.41, 5.74) is 3.41. The van der Waals surface area contributed by atoms with Crippen molar-refractivity contribution < 1.29 is 19.1 Å². The first kappa shape index (κ1) is 21.0. The summed E-state index contributed by atoms with van der Waals surface area (Å²) in [5.74, 6) is -0.288. The second-order valence-corrected chi connectivity index (χ2v) is 6.45. The van der Waals surface area contributed by atoms with Gasteiger partial charge in [0.1, 0.15) is 5.75 Å². The van der Waals surface area contributed by atoms with E-state index >= 15 is 0 Å². The molecule has 0 aliphatic rings. The molecule has 2 rings (SSSR count). The maximum absolute atomic E-state index is 12.7. The maximum atomic E-state index is 12.7. The van der Waals surface area contributed by atoms with Crippen LogP contribution < -0.4 is 9.64 Å². The van der Waals surface area contributed by atoms with Crippen molar-refractivity contribution in [3.8, 4) is 11.8 Å². The van der Waals surface area contributed by atoms with Crippen molar-refractivity contribution >= 4 is 17.6 Å². The normalized spacial score (nSPS) is 10.1. The van der Waals surface area contributed by atoms with Gasteiger partial charge < -0.3 is 14.4 Å². The second-order valence-electron chi connectivity index (χ2n) is 6.45. The van der Waals surface area contributed by atoms with Crippen LogP contribution in [0, 0.1) is 25.2 Å². The lowest BCUT2D eigenvalue weighted by Gasteiger charge is -2.22. The Morgan fingerprint density at radius 3 is 2.43 bits per heavy atom. The number of esters is 1. The van der Waals surface area contributed by atoms with Gasteiger partial charge in [0.2, 0.25) is 0 Å². The molecule has 0 unspecified atom stereocenters. The van der Waals surface area contributed by atoms with Gasteiger partial charge in [0, 0.05) is 17.8 Å². The Hall–Kier alpha value is -3.33. The van der Waals surface area contributed by atoms with Crippen molar-refractivity contribution in [3.05, 3.63) is 59.2 Å². The molecule has 0 aliphatic heterocycles. The van der Waals surface area contributed by atoms with E-state index in [4.69, 9.17) is 14.7 Å². The third-order valence-electron chi connectivity index (χ3n) is 4.15. The van der Waals surface area contributed by atoms with Crippen LogP contribution in [-0.2, 0) is 20.7 Å². The Balaban J connectivity index is 2.04. The second kappa shape index (κ2) is 10.1. The van der Waals surface area contributed by atoms with Gasteiger partial charge in [0.15, 0.2) is 6.61 Å². The number of aryl methyl sites for hydroxylation is 2. The predicted molar refractivity (Wildman–Crippen MR) is 106 cm³/mol. The van der Waals surface area contributed by atoms with E-state index in [9.17, 15) is 9.59 Å². The van der Waals surface area contributed by atoms with Gasteiger partial charge in [-0.2, -0.15) is 5.26 Å². The zero-order valence-corrected chi connectivity index (χ0v) is 16.4. The molecule has 146 valence electrons. The van der Waals surface area contributed by atoms with Crippen LogP contribution in [0.2, 0.25) is 0 Å². The molecule has 0 aromatic heterocycles. The minimum atomic E-state index is -0.515. The number of rotatable bonds is 8. The average Bonchev–Trinajstić information content (AvgIpc) is 2.66. The Bertz CT molecular complexity index is 866. The molecule has 1 amide bonds. The van der Waals surface area contributed by atoms with Gasteiger partial charge in [0.05, 0.1) is 26.0 Å². The minimum absolute atomic E-state index is 0.0129. The summed E-state index contributed by atoms with van der Waals surface area (Å²) >= 11 is 0. The SMILES string of the molecule is COc1ccccc1CC(=O)OCC(=O)N(CCC#N)c1cc(C)cc(C)c1. The Labute approximate surface area is 165 Å². The van der Waals surface area contributed by atoms with Crippen molar-refractivity contribution in [2.24, 2.45) is 0 Å². The van der Waals surface area contributed by atoms with Crippen molar-refractivity contribution in [2.75, 3.05) is 25.2 Å². The summed E-state index contributed by atoms with van der Waals surface area (Å²) in [6.45, 7) is 3.74. The van der Waals surface area contributed by atoms with E-state index in [1.807, 2.05) is 44.2 Å². The fraction of sp³-hybridized carbons (Fsp3) is 0.318. The van der Waals surface area contributed by atoms with Crippen LogP contribution in [0.25, 0.3) is 0 Å². The highest BCUT2D eigenvalue weighted by Gasteiger charge is 2.19. The van der Waals surface area contributed by atoms with E-state index in [0.29, 0.717) is 17.0 Å². The highest BCUT2D eigenvalue weighted by atomic mass is 16.5. The summed E-state index contributed by atoms with van der Waals surface area (Å²) in [5, 5.41) is 8.90. The van der Waals surface area contributed by atoms with Crippen LogP contribution in [0.15, 0.2) is 42.5 Å². The van der Waals surface area contributed by atoms with Crippen molar-refractivity contribution in [1.29, 1.82) is 5.26 Å². The van der Waals surface area contributed by atoms with Crippen LogP contribution in [0.4, 0.5) is 5.69 Å². The Morgan fingerprint density at radius 1 is 1.11 bits per heavy atom. The summed E-state index contributed by atoms with van der Waals surface area (Å²) in [7, 11) is 1.53. The fourth-order valence-electron chi connectivity index (χ4n) is 2.94. The summed E-state index contributed by atoms with van der Waals surface area (Å²) in [6.07, 6.45) is 0.201. The van der Waals surface area contributed by atoms with Gasteiger partial charge in [-0.25, -0.2) is 0 Å². The van der Waals surface area contributed by atoms with Gasteiger partial charge in [-0.05, 0) is 43.2 Å². The van der Waals surface area contributed by atoms with Crippen LogP contribution in [0.5, 0.6) is 5.75 Å². The largest absolute Gasteiger partial charge is 0.496 e. The number of ether oxygens (including phenoxy) is 2. The van der Waals surface area contributed by atoms with Crippen LogP contribution in [0.3, 0.4) is 0 Å². The molecule has 6 nitrogen and oxygen atoms in total. The molecule has 2 aromatic rings. The lowest BCUT2D eigenvalue weighted by atomic mass is 10.1. The molecule has 0 atom stereocenters. The number of nitriles is 1. The quantitative estimate of drug-likeness (QED) is 0.656. The molecule has 0 radical (unpaired) electrons. The molecule has 2 aromatic carbocycles. The molecular weight excluding hydrogens is 356 g/mol. The first-order valence-electron chi connectivity index (χ1n) is 8.97. The minimum Gasteiger partial charge on any atom is -0.496 e. The lowest BCUT2D eigenvalue weighted by Crippen LogP contribution is -2.35. The highest BCUT2D eigenvalue weighted by molar-refractivity contribution is 5.95. The third kappa shape index (κ3) is 5.85. The molecular formula is C22H24N2O4. The Morgan fingerprint density at radius 2 is 1.79 bits per heavy atom. The van der Waals surface area contributed by atoms with Gasteiger partial charge >= 0.3 is 5.97 Å². The Kier molecular flexibility index (Phi) is 7.58. The van der Waals surface area contributed by atoms with E-state index in [0.717, 1.165) is 11.1 Å². The van der Waals surface area contributed by atoms with Crippen LogP contribution in [0.1, 0.15) is 23.1 Å². The molecule has 0 saturated carbocycles. The number of hydrogen-bond donors (Lipinski definition) is 0. The first-order chi connectivity index (χ1) is 13.4. The fourth-order valence-corrected chi connectivity index (χ4v) is 2.94. The number of anilines is 1. The standard InChI is InChI=1S/C22H24N2O4/c1-16-11-17(2)13-19(12-16)24(10-6-9-23)21(25)15-28-22(26)14-18-7-4-5-8-20(18)27-3/h4-5,7-8,11-13H,6,10,14-15H2,1-3H3. The number of para-hydroxylation sites is 1. The monoisotopic (exact) mass is 380 g/mol. The van der Waals surface area contributed by atoms with E-state index in [2.05, 4.69) is 0 Å². The summed E-state index contributed by atoms with van der Waals surface area (Å²) in [4.78, 5) is 26.3. The van der Waals surface area contributed by atoms with E-state index in [1.54, 1.807) is 18.2 Å². The number of hydrogen-bond acceptors (Lipinski definition) is 5. The summed E-state index contributed by atoms with van der Waals surface area (Å²) < 4.78 is 10.4. The average molecular weight is 380 g/mol. The molecule has 0 spiro atoms. The van der Waals surface area contributed by atoms with E-state index in [1.165, 1.54) is 12.0 Å². The predicted octanol–water partition coefficient (Wildman–Crippen LogP) is 3.34. The van der Waals surface area contributed by atoms with Gasteiger partial charge in [0.25, 0.3) is 5.91 Å².